The van der Waals surface area contributed by atoms with E-state index < -0.39 is 0 Å². The number of rotatable bonds is 4. The summed E-state index contributed by atoms with van der Waals surface area (Å²) < 4.78 is 0. The van der Waals surface area contributed by atoms with Crippen molar-refractivity contribution in [2.45, 2.75) is 6.54 Å². The van der Waals surface area contributed by atoms with Crippen molar-refractivity contribution >= 4 is 22.5 Å². The number of nitrogens with one attached hydrogen (secondary N) is 1. The van der Waals surface area contributed by atoms with Gasteiger partial charge in [-0.3, -0.25) is 0 Å². The molecule has 0 aliphatic heterocycles. The van der Waals surface area contributed by atoms with Crippen molar-refractivity contribution < 1.29 is 0 Å². The quantitative estimate of drug-likeness (QED) is 0.458. The van der Waals surface area contributed by atoms with Crippen molar-refractivity contribution in [1.29, 1.82) is 0 Å². The maximum absolute atomic E-state index is 6.10. The molecule has 130 valence electrons. The second kappa shape index (κ2) is 6.99. The van der Waals surface area contributed by atoms with Gasteiger partial charge in [0.25, 0.3) is 0 Å². The zero-order chi connectivity index (χ0) is 18.1. The molecule has 0 fully saturated rings. The fraction of sp³-hybridized carbons (Fsp3) is 0.130. The van der Waals surface area contributed by atoms with E-state index in [4.69, 9.17) is 11.6 Å². The number of para-hydroxylation sites is 1. The van der Waals surface area contributed by atoms with E-state index in [2.05, 4.69) is 84.6 Å². The Hall–Kier alpha value is -2.55. The molecule has 4 aromatic rings. The van der Waals surface area contributed by atoms with Crippen molar-refractivity contribution in [2.75, 3.05) is 14.1 Å². The average molecular weight is 361 g/mol. The Kier molecular flexibility index (Phi) is 4.54. The first-order valence-electron chi connectivity index (χ1n) is 8.73. The number of H-pyrrole nitrogens is 1. The van der Waals surface area contributed by atoms with Gasteiger partial charge in [-0.05, 0) is 49.0 Å². The van der Waals surface area contributed by atoms with E-state index in [9.17, 15) is 0 Å². The fourth-order valence-corrected chi connectivity index (χ4v) is 3.62. The van der Waals surface area contributed by atoms with E-state index in [0.717, 1.165) is 28.3 Å². The Labute approximate surface area is 159 Å². The lowest BCUT2D eigenvalue weighted by Gasteiger charge is -2.15. The van der Waals surface area contributed by atoms with E-state index in [1.165, 1.54) is 22.1 Å². The van der Waals surface area contributed by atoms with Gasteiger partial charge in [0.15, 0.2) is 0 Å². The van der Waals surface area contributed by atoms with Gasteiger partial charge in [0.2, 0.25) is 0 Å². The first kappa shape index (κ1) is 16.9. The first-order valence-corrected chi connectivity index (χ1v) is 9.11. The van der Waals surface area contributed by atoms with Crippen LogP contribution in [0.15, 0.2) is 72.8 Å². The SMILES string of the molecule is CN(C)Cc1ccccc1-c1c(-c2ccc(Cl)cc2)[nH]c2ccccc12. The fourth-order valence-electron chi connectivity index (χ4n) is 3.50. The van der Waals surface area contributed by atoms with Crippen molar-refractivity contribution in [1.82, 2.24) is 9.88 Å². The summed E-state index contributed by atoms with van der Waals surface area (Å²) in [5.74, 6) is 0. The van der Waals surface area contributed by atoms with Crippen LogP contribution in [0.2, 0.25) is 5.02 Å². The lowest BCUT2D eigenvalue weighted by Crippen LogP contribution is -2.11. The molecule has 0 unspecified atom stereocenters. The number of hydrogen-bond donors (Lipinski definition) is 1. The van der Waals surface area contributed by atoms with Gasteiger partial charge in [0.05, 0.1) is 5.69 Å². The van der Waals surface area contributed by atoms with Crippen LogP contribution >= 0.6 is 11.6 Å². The van der Waals surface area contributed by atoms with Gasteiger partial charge in [-0.2, -0.15) is 0 Å². The maximum Gasteiger partial charge on any atom is 0.0544 e. The normalized spacial score (nSPS) is 11.4. The Balaban J connectivity index is 2.00. The average Bonchev–Trinajstić information content (AvgIpc) is 3.02. The molecule has 3 aromatic carbocycles. The summed E-state index contributed by atoms with van der Waals surface area (Å²) >= 11 is 6.10. The molecule has 0 amide bonds. The summed E-state index contributed by atoms with van der Waals surface area (Å²) in [6.45, 7) is 0.899. The van der Waals surface area contributed by atoms with E-state index in [1.54, 1.807) is 0 Å². The molecule has 4 rings (SSSR count). The minimum absolute atomic E-state index is 0.749. The summed E-state index contributed by atoms with van der Waals surface area (Å²) in [7, 11) is 4.21. The third kappa shape index (κ3) is 3.14. The molecule has 1 heterocycles. The van der Waals surface area contributed by atoms with Crippen molar-refractivity contribution in [2.24, 2.45) is 0 Å². The van der Waals surface area contributed by atoms with Crippen LogP contribution in [0.5, 0.6) is 0 Å². The predicted octanol–water partition coefficient (Wildman–Crippen LogP) is 6.22. The lowest BCUT2D eigenvalue weighted by atomic mass is 9.94. The van der Waals surface area contributed by atoms with Crippen LogP contribution in [0.1, 0.15) is 5.56 Å². The standard InChI is InChI=1S/C23H21ClN2/c1-26(2)15-17-7-3-4-8-19(17)22-20-9-5-6-10-21(20)25-23(22)16-11-13-18(24)14-12-16/h3-14,25H,15H2,1-2H3. The molecular weight excluding hydrogens is 340 g/mol. The van der Waals surface area contributed by atoms with Gasteiger partial charge in [-0.15, -0.1) is 0 Å². The highest BCUT2D eigenvalue weighted by atomic mass is 35.5. The number of hydrogen-bond acceptors (Lipinski definition) is 1. The van der Waals surface area contributed by atoms with E-state index in [1.807, 2.05) is 12.1 Å². The molecule has 26 heavy (non-hydrogen) atoms. The molecule has 0 saturated carbocycles. The number of nitrogens with zero attached hydrogens (tertiary/aromatic N) is 1. The zero-order valence-electron chi connectivity index (χ0n) is 15.0. The largest absolute Gasteiger partial charge is 0.354 e. The van der Waals surface area contributed by atoms with E-state index in [-0.39, 0.29) is 0 Å². The summed E-state index contributed by atoms with van der Waals surface area (Å²) in [5.41, 5.74) is 7.25. The molecule has 0 aliphatic rings. The molecule has 0 bridgehead atoms. The Morgan fingerprint density at radius 2 is 1.54 bits per heavy atom. The highest BCUT2D eigenvalue weighted by Gasteiger charge is 2.17. The minimum atomic E-state index is 0.749. The number of halogens is 1. The van der Waals surface area contributed by atoms with Gasteiger partial charge < -0.3 is 9.88 Å². The molecule has 3 heteroatoms. The van der Waals surface area contributed by atoms with Gasteiger partial charge in [0.1, 0.15) is 0 Å². The maximum atomic E-state index is 6.10. The molecule has 0 radical (unpaired) electrons. The third-order valence-electron chi connectivity index (χ3n) is 4.61. The Bertz CT molecular complexity index is 1050. The van der Waals surface area contributed by atoms with Crippen LogP contribution < -0.4 is 0 Å². The third-order valence-corrected chi connectivity index (χ3v) is 4.86. The van der Waals surface area contributed by atoms with Crippen LogP contribution in [-0.4, -0.2) is 24.0 Å². The van der Waals surface area contributed by atoms with E-state index >= 15 is 0 Å². The van der Waals surface area contributed by atoms with Crippen LogP contribution in [-0.2, 0) is 6.54 Å². The summed E-state index contributed by atoms with van der Waals surface area (Å²) in [4.78, 5) is 5.83. The Morgan fingerprint density at radius 1 is 0.846 bits per heavy atom. The van der Waals surface area contributed by atoms with Gasteiger partial charge in [-0.25, -0.2) is 0 Å². The highest BCUT2D eigenvalue weighted by molar-refractivity contribution is 6.30. The zero-order valence-corrected chi connectivity index (χ0v) is 15.7. The van der Waals surface area contributed by atoms with Crippen LogP contribution in [0.4, 0.5) is 0 Å². The van der Waals surface area contributed by atoms with E-state index in [0.29, 0.717) is 0 Å². The van der Waals surface area contributed by atoms with Crippen molar-refractivity contribution in [3.05, 3.63) is 83.4 Å². The van der Waals surface area contributed by atoms with Crippen LogP contribution in [0.25, 0.3) is 33.3 Å². The van der Waals surface area contributed by atoms with Crippen LogP contribution in [0.3, 0.4) is 0 Å². The number of benzene rings is 3. The first-order chi connectivity index (χ1) is 12.6. The summed E-state index contributed by atoms with van der Waals surface area (Å²) in [5, 5.41) is 1.99. The molecule has 0 aliphatic carbocycles. The second-order valence-corrected chi connectivity index (χ2v) is 7.26. The minimum Gasteiger partial charge on any atom is -0.354 e. The topological polar surface area (TPSA) is 19.0 Å². The lowest BCUT2D eigenvalue weighted by molar-refractivity contribution is 0.403. The van der Waals surface area contributed by atoms with Gasteiger partial charge in [-0.1, -0.05) is 66.2 Å². The smallest absolute Gasteiger partial charge is 0.0544 e. The van der Waals surface area contributed by atoms with Crippen molar-refractivity contribution in [3.8, 4) is 22.4 Å². The highest BCUT2D eigenvalue weighted by Crippen LogP contribution is 2.40. The van der Waals surface area contributed by atoms with Crippen LogP contribution in [0, 0.1) is 0 Å². The summed E-state index contributed by atoms with van der Waals surface area (Å²) in [6, 6.07) is 25.2. The van der Waals surface area contributed by atoms with Gasteiger partial charge >= 0.3 is 0 Å². The predicted molar refractivity (Wildman–Crippen MR) is 112 cm³/mol. The monoisotopic (exact) mass is 360 g/mol. The molecule has 1 N–H and O–H groups in total. The number of fused-ring (bicyclic) bond motifs is 1. The summed E-state index contributed by atoms with van der Waals surface area (Å²) in [6.07, 6.45) is 0. The van der Waals surface area contributed by atoms with Crippen molar-refractivity contribution in [3.63, 3.8) is 0 Å². The Morgan fingerprint density at radius 3 is 2.31 bits per heavy atom. The molecule has 2 nitrogen and oxygen atoms in total. The van der Waals surface area contributed by atoms with Gasteiger partial charge in [0, 0.05) is 28.0 Å². The molecular formula is C23H21ClN2. The molecule has 0 spiro atoms. The number of aromatic nitrogens is 1. The number of aromatic amines is 1. The molecule has 0 atom stereocenters. The molecule has 1 aromatic heterocycles. The second-order valence-electron chi connectivity index (χ2n) is 6.82. The molecule has 0 saturated heterocycles.